The molecule has 0 radical (unpaired) electrons. The number of aromatic nitrogens is 2. The highest BCUT2D eigenvalue weighted by Crippen LogP contribution is 2.42. The molecule has 1 aliphatic rings. The average molecular weight is 441 g/mol. The normalized spacial score (nSPS) is 18.1. The van der Waals surface area contributed by atoms with Gasteiger partial charge in [-0.2, -0.15) is 0 Å². The van der Waals surface area contributed by atoms with E-state index in [2.05, 4.69) is 20.2 Å². The standard InChI is InChI=1S/C18H24N4O5S2/c1-10(2)15(23)19-16-20-21-17(28-16)29(24,25)22-13-9-18(3,4)27-14-8-11(26-5)6-7-12(13)14/h6-8,10,13,22H,9H2,1-5H3,(H,19,20,23)/t13-/m1/s1. The van der Waals surface area contributed by atoms with E-state index in [9.17, 15) is 13.2 Å². The van der Waals surface area contributed by atoms with Crippen LogP contribution >= 0.6 is 11.3 Å². The largest absolute Gasteiger partial charge is 0.497 e. The molecule has 1 aromatic heterocycles. The lowest BCUT2D eigenvalue weighted by molar-refractivity contribution is -0.118. The summed E-state index contributed by atoms with van der Waals surface area (Å²) in [4.78, 5) is 11.8. The van der Waals surface area contributed by atoms with E-state index in [1.165, 1.54) is 0 Å². The molecule has 3 rings (SSSR count). The summed E-state index contributed by atoms with van der Waals surface area (Å²) in [7, 11) is -2.39. The molecule has 11 heteroatoms. The molecule has 0 fully saturated rings. The smallest absolute Gasteiger partial charge is 0.270 e. The lowest BCUT2D eigenvalue weighted by atomic mass is 9.90. The zero-order chi connectivity index (χ0) is 21.4. The van der Waals surface area contributed by atoms with Crippen LogP contribution in [0.2, 0.25) is 0 Å². The molecular weight excluding hydrogens is 416 g/mol. The Morgan fingerprint density at radius 1 is 1.34 bits per heavy atom. The highest BCUT2D eigenvalue weighted by Gasteiger charge is 2.37. The third-order valence-electron chi connectivity index (χ3n) is 4.37. The van der Waals surface area contributed by atoms with Crippen LogP contribution in [0.4, 0.5) is 5.13 Å². The first-order valence-electron chi connectivity index (χ1n) is 9.04. The lowest BCUT2D eigenvalue weighted by Gasteiger charge is -2.37. The van der Waals surface area contributed by atoms with Gasteiger partial charge in [-0.3, -0.25) is 4.79 Å². The van der Waals surface area contributed by atoms with Gasteiger partial charge in [-0.05, 0) is 19.9 Å². The van der Waals surface area contributed by atoms with Gasteiger partial charge in [-0.15, -0.1) is 10.2 Å². The molecule has 1 amide bonds. The number of carbonyl (C=O) groups excluding carboxylic acids is 1. The number of hydrogen-bond donors (Lipinski definition) is 2. The summed E-state index contributed by atoms with van der Waals surface area (Å²) in [5.41, 5.74) is 0.135. The molecule has 1 atom stereocenters. The number of anilines is 1. The fraction of sp³-hybridized carbons (Fsp3) is 0.500. The number of sulfonamides is 1. The molecule has 9 nitrogen and oxygen atoms in total. The molecule has 2 N–H and O–H groups in total. The van der Waals surface area contributed by atoms with Crippen molar-refractivity contribution >= 4 is 32.4 Å². The SMILES string of the molecule is COc1ccc2c(c1)OC(C)(C)C[C@H]2NS(=O)(=O)c1nnc(NC(=O)C(C)C)s1. The minimum atomic E-state index is -3.95. The van der Waals surface area contributed by atoms with E-state index in [4.69, 9.17) is 9.47 Å². The van der Waals surface area contributed by atoms with E-state index in [1.807, 2.05) is 13.8 Å². The second kappa shape index (κ2) is 7.88. The zero-order valence-corrected chi connectivity index (χ0v) is 18.5. The molecule has 0 saturated heterocycles. The van der Waals surface area contributed by atoms with Crippen LogP contribution in [0.15, 0.2) is 22.5 Å². The van der Waals surface area contributed by atoms with Gasteiger partial charge in [-0.1, -0.05) is 31.3 Å². The summed E-state index contributed by atoms with van der Waals surface area (Å²) in [5.74, 6) is 0.676. The highest BCUT2D eigenvalue weighted by atomic mass is 32.2. The van der Waals surface area contributed by atoms with Crippen molar-refractivity contribution < 1.29 is 22.7 Å². The number of ether oxygens (including phenoxy) is 2. The maximum Gasteiger partial charge on any atom is 0.270 e. The van der Waals surface area contributed by atoms with Crippen molar-refractivity contribution in [1.82, 2.24) is 14.9 Å². The van der Waals surface area contributed by atoms with E-state index in [0.29, 0.717) is 23.5 Å². The third kappa shape index (κ3) is 4.85. The fourth-order valence-electron chi connectivity index (χ4n) is 2.92. The minimum Gasteiger partial charge on any atom is -0.497 e. The number of fused-ring (bicyclic) bond motifs is 1. The molecule has 0 saturated carbocycles. The first kappa shape index (κ1) is 21.5. The molecule has 1 aliphatic heterocycles. The Balaban J connectivity index is 1.85. The summed E-state index contributed by atoms with van der Waals surface area (Å²) in [6.07, 6.45) is 0.432. The van der Waals surface area contributed by atoms with Gasteiger partial charge in [0, 0.05) is 24.0 Å². The van der Waals surface area contributed by atoms with Gasteiger partial charge in [0.25, 0.3) is 10.0 Å². The van der Waals surface area contributed by atoms with Gasteiger partial charge < -0.3 is 14.8 Å². The molecule has 0 unspecified atom stereocenters. The van der Waals surface area contributed by atoms with E-state index in [1.54, 1.807) is 39.2 Å². The predicted octanol–water partition coefficient (Wildman–Crippen LogP) is 2.72. The number of carbonyl (C=O) groups is 1. The number of methoxy groups -OCH3 is 1. The molecule has 0 bridgehead atoms. The Morgan fingerprint density at radius 2 is 2.07 bits per heavy atom. The molecule has 1 aromatic carbocycles. The second-order valence-electron chi connectivity index (χ2n) is 7.66. The van der Waals surface area contributed by atoms with Crippen LogP contribution < -0.4 is 19.5 Å². The van der Waals surface area contributed by atoms with Crippen molar-refractivity contribution in [3.63, 3.8) is 0 Å². The Morgan fingerprint density at radius 3 is 2.72 bits per heavy atom. The molecule has 2 aromatic rings. The van der Waals surface area contributed by atoms with E-state index in [-0.39, 0.29) is 21.3 Å². The molecule has 0 aliphatic carbocycles. The first-order chi connectivity index (χ1) is 13.5. The van der Waals surface area contributed by atoms with Gasteiger partial charge >= 0.3 is 0 Å². The molecular formula is C18H24N4O5S2. The van der Waals surface area contributed by atoms with Gasteiger partial charge in [0.2, 0.25) is 15.4 Å². The molecule has 2 heterocycles. The van der Waals surface area contributed by atoms with Gasteiger partial charge in [0.1, 0.15) is 17.1 Å². The van der Waals surface area contributed by atoms with Crippen LogP contribution in [-0.4, -0.2) is 37.2 Å². The third-order valence-corrected chi connectivity index (χ3v) is 7.04. The number of nitrogens with one attached hydrogen (secondary N) is 2. The first-order valence-corrected chi connectivity index (χ1v) is 11.3. The number of benzene rings is 1. The van der Waals surface area contributed by atoms with Crippen LogP contribution in [0.5, 0.6) is 11.5 Å². The van der Waals surface area contributed by atoms with Gasteiger partial charge in [0.15, 0.2) is 0 Å². The molecule has 29 heavy (non-hydrogen) atoms. The quantitative estimate of drug-likeness (QED) is 0.663. The van der Waals surface area contributed by atoms with Crippen LogP contribution in [-0.2, 0) is 14.8 Å². The van der Waals surface area contributed by atoms with Crippen molar-refractivity contribution in [3.8, 4) is 11.5 Å². The minimum absolute atomic E-state index is 0.140. The summed E-state index contributed by atoms with van der Waals surface area (Å²) in [6, 6.07) is 4.77. The van der Waals surface area contributed by atoms with Crippen LogP contribution in [0.3, 0.4) is 0 Å². The lowest BCUT2D eigenvalue weighted by Crippen LogP contribution is -2.41. The average Bonchev–Trinajstić information content (AvgIpc) is 3.09. The Labute approximate surface area is 173 Å². The van der Waals surface area contributed by atoms with Crippen molar-refractivity contribution in [1.29, 1.82) is 0 Å². The molecule has 158 valence electrons. The van der Waals surface area contributed by atoms with Crippen molar-refractivity contribution in [2.45, 2.75) is 50.1 Å². The Bertz CT molecular complexity index is 1020. The summed E-state index contributed by atoms with van der Waals surface area (Å²) in [6.45, 7) is 7.24. The Hall–Kier alpha value is -2.24. The number of amides is 1. The van der Waals surface area contributed by atoms with E-state index >= 15 is 0 Å². The van der Waals surface area contributed by atoms with Crippen LogP contribution in [0.1, 0.15) is 45.7 Å². The fourth-order valence-corrected chi connectivity index (χ4v) is 5.05. The van der Waals surface area contributed by atoms with E-state index in [0.717, 1.165) is 11.3 Å². The van der Waals surface area contributed by atoms with E-state index < -0.39 is 21.7 Å². The summed E-state index contributed by atoms with van der Waals surface area (Å²) < 4.78 is 39.5. The number of hydrogen-bond acceptors (Lipinski definition) is 8. The van der Waals surface area contributed by atoms with Crippen molar-refractivity contribution in [2.75, 3.05) is 12.4 Å². The Kier molecular flexibility index (Phi) is 5.84. The van der Waals surface area contributed by atoms with Crippen molar-refractivity contribution in [2.24, 2.45) is 5.92 Å². The summed E-state index contributed by atoms with van der Waals surface area (Å²) >= 11 is 0.806. The second-order valence-corrected chi connectivity index (χ2v) is 10.5. The number of nitrogens with zero attached hydrogens (tertiary/aromatic N) is 2. The van der Waals surface area contributed by atoms with Gasteiger partial charge in [-0.25, -0.2) is 13.1 Å². The van der Waals surface area contributed by atoms with Gasteiger partial charge in [0.05, 0.1) is 13.2 Å². The molecule has 0 spiro atoms. The topological polar surface area (TPSA) is 120 Å². The maximum absolute atomic E-state index is 12.9. The maximum atomic E-state index is 12.9. The van der Waals surface area contributed by atoms with Crippen LogP contribution in [0.25, 0.3) is 0 Å². The monoisotopic (exact) mass is 440 g/mol. The van der Waals surface area contributed by atoms with Crippen LogP contribution in [0, 0.1) is 5.92 Å². The van der Waals surface area contributed by atoms with Crippen molar-refractivity contribution in [3.05, 3.63) is 23.8 Å². The predicted molar refractivity (Wildman–Crippen MR) is 109 cm³/mol. The highest BCUT2D eigenvalue weighted by molar-refractivity contribution is 7.91. The number of rotatable bonds is 6. The summed E-state index contributed by atoms with van der Waals surface area (Å²) in [5, 5.41) is 10.2. The zero-order valence-electron chi connectivity index (χ0n) is 16.8.